The van der Waals surface area contributed by atoms with Crippen LogP contribution >= 0.6 is 11.6 Å². The number of esters is 1. The normalized spacial score (nSPS) is 18.0. The zero-order valence-corrected chi connectivity index (χ0v) is 18.6. The van der Waals surface area contributed by atoms with Gasteiger partial charge in [0.2, 0.25) is 5.91 Å². The number of rotatable bonds is 6. The molecule has 0 saturated carbocycles. The summed E-state index contributed by atoms with van der Waals surface area (Å²) in [7, 11) is 2.45. The first-order valence-corrected chi connectivity index (χ1v) is 10.3. The minimum atomic E-state index is -1.02. The first kappa shape index (κ1) is 24.2. The van der Waals surface area contributed by atoms with Crippen LogP contribution in [0.25, 0.3) is 0 Å². The highest BCUT2D eigenvalue weighted by Crippen LogP contribution is 2.35. The number of halogens is 3. The fourth-order valence-electron chi connectivity index (χ4n) is 3.65. The van der Waals surface area contributed by atoms with Gasteiger partial charge in [-0.1, -0.05) is 11.6 Å². The molecular formula is C22H22ClF2N3O5. The third-order valence-electron chi connectivity index (χ3n) is 5.28. The molecule has 8 nitrogen and oxygen atoms in total. The molecule has 1 aliphatic rings. The van der Waals surface area contributed by atoms with Crippen LogP contribution in [-0.4, -0.2) is 56.2 Å². The SMILES string of the molecule is COC(=O)CN1C[C@@H](NC(=O)Nc2ccc(Cl)cc2)[C@H](c2c(F)cc(OC)cc2F)CC1=O. The average Bonchev–Trinajstić information content (AvgIpc) is 2.77. The number of hydrogen-bond acceptors (Lipinski definition) is 5. The van der Waals surface area contributed by atoms with E-state index in [1.807, 2.05) is 0 Å². The van der Waals surface area contributed by atoms with Gasteiger partial charge in [0.15, 0.2) is 0 Å². The van der Waals surface area contributed by atoms with Crippen LogP contribution < -0.4 is 15.4 Å². The number of methoxy groups -OCH3 is 2. The average molecular weight is 482 g/mol. The van der Waals surface area contributed by atoms with Crippen LogP contribution in [0.2, 0.25) is 5.02 Å². The number of amides is 3. The number of urea groups is 1. The van der Waals surface area contributed by atoms with Crippen LogP contribution in [0.15, 0.2) is 36.4 Å². The number of piperidine rings is 1. The standard InChI is InChI=1S/C22H22ClF2N3O5/c1-32-14-7-16(24)21(17(25)8-14)15-9-19(29)28(11-20(30)33-2)10-18(15)27-22(31)26-13-5-3-12(23)4-6-13/h3-8,15,18H,9-11H2,1-2H3,(H2,26,27,31)/t15-,18-/m1/s1. The lowest BCUT2D eigenvalue weighted by atomic mass is 9.84. The maximum absolute atomic E-state index is 14.8. The van der Waals surface area contributed by atoms with Gasteiger partial charge in [0.1, 0.15) is 23.9 Å². The molecule has 0 unspecified atom stereocenters. The lowest BCUT2D eigenvalue weighted by Crippen LogP contribution is -2.55. The predicted molar refractivity (Wildman–Crippen MR) is 116 cm³/mol. The van der Waals surface area contributed by atoms with Gasteiger partial charge in [0.25, 0.3) is 0 Å². The number of hydrogen-bond donors (Lipinski definition) is 2. The third-order valence-corrected chi connectivity index (χ3v) is 5.53. The molecule has 1 saturated heterocycles. The Hall–Kier alpha value is -3.40. The Morgan fingerprint density at radius 3 is 2.36 bits per heavy atom. The number of likely N-dealkylation sites (tertiary alicyclic amines) is 1. The Balaban J connectivity index is 1.88. The second kappa shape index (κ2) is 10.5. The van der Waals surface area contributed by atoms with Crippen LogP contribution in [0.3, 0.4) is 0 Å². The Bertz CT molecular complexity index is 1030. The van der Waals surface area contributed by atoms with Gasteiger partial charge in [0, 0.05) is 47.3 Å². The molecule has 2 atom stereocenters. The third kappa shape index (κ3) is 5.89. The quantitative estimate of drug-likeness (QED) is 0.617. The number of carbonyl (C=O) groups is 3. The van der Waals surface area contributed by atoms with Crippen molar-refractivity contribution in [1.82, 2.24) is 10.2 Å². The second-order valence-electron chi connectivity index (χ2n) is 7.38. The van der Waals surface area contributed by atoms with Gasteiger partial charge in [0.05, 0.1) is 20.3 Å². The Kier molecular flexibility index (Phi) is 7.70. The summed E-state index contributed by atoms with van der Waals surface area (Å²) in [5.41, 5.74) is 0.0900. The van der Waals surface area contributed by atoms with Crippen molar-refractivity contribution in [2.45, 2.75) is 18.4 Å². The number of nitrogens with one attached hydrogen (secondary N) is 2. The van der Waals surface area contributed by atoms with E-state index in [0.717, 1.165) is 12.1 Å². The molecule has 0 radical (unpaired) electrons. The van der Waals surface area contributed by atoms with E-state index in [0.29, 0.717) is 10.7 Å². The first-order chi connectivity index (χ1) is 15.7. The molecule has 0 aromatic heterocycles. The molecule has 2 N–H and O–H groups in total. The van der Waals surface area contributed by atoms with E-state index < -0.39 is 41.5 Å². The summed E-state index contributed by atoms with van der Waals surface area (Å²) in [4.78, 5) is 38.1. The van der Waals surface area contributed by atoms with E-state index >= 15 is 0 Å². The van der Waals surface area contributed by atoms with Gasteiger partial charge in [-0.05, 0) is 24.3 Å². The van der Waals surface area contributed by atoms with Gasteiger partial charge in [-0.15, -0.1) is 0 Å². The summed E-state index contributed by atoms with van der Waals surface area (Å²) in [6.45, 7) is -0.510. The number of carbonyl (C=O) groups excluding carboxylic acids is 3. The molecule has 2 aromatic rings. The van der Waals surface area contributed by atoms with Crippen molar-refractivity contribution >= 4 is 35.2 Å². The minimum absolute atomic E-state index is 0.0202. The molecule has 3 amide bonds. The van der Waals surface area contributed by atoms with Crippen molar-refractivity contribution in [2.24, 2.45) is 0 Å². The van der Waals surface area contributed by atoms with E-state index in [9.17, 15) is 23.2 Å². The zero-order chi connectivity index (χ0) is 24.1. The van der Waals surface area contributed by atoms with Crippen molar-refractivity contribution in [3.63, 3.8) is 0 Å². The van der Waals surface area contributed by atoms with Crippen molar-refractivity contribution in [1.29, 1.82) is 0 Å². The van der Waals surface area contributed by atoms with Crippen molar-refractivity contribution in [3.8, 4) is 5.75 Å². The minimum Gasteiger partial charge on any atom is -0.497 e. The van der Waals surface area contributed by atoms with E-state index in [1.54, 1.807) is 24.3 Å². The molecule has 3 rings (SSSR count). The highest BCUT2D eigenvalue weighted by molar-refractivity contribution is 6.30. The Morgan fingerprint density at radius 2 is 1.79 bits per heavy atom. The Morgan fingerprint density at radius 1 is 1.15 bits per heavy atom. The topological polar surface area (TPSA) is 97.0 Å². The molecule has 1 aliphatic heterocycles. The van der Waals surface area contributed by atoms with Gasteiger partial charge in [-0.3, -0.25) is 9.59 Å². The number of ether oxygens (including phenoxy) is 2. The van der Waals surface area contributed by atoms with E-state index in [-0.39, 0.29) is 30.8 Å². The summed E-state index contributed by atoms with van der Waals surface area (Å²) >= 11 is 5.84. The Labute approximate surface area is 193 Å². The highest BCUT2D eigenvalue weighted by Gasteiger charge is 2.39. The molecule has 2 aromatic carbocycles. The number of nitrogens with zero attached hydrogens (tertiary/aromatic N) is 1. The van der Waals surface area contributed by atoms with E-state index in [1.165, 1.54) is 19.1 Å². The summed E-state index contributed by atoms with van der Waals surface area (Å²) in [5, 5.41) is 5.75. The van der Waals surface area contributed by atoms with E-state index in [4.69, 9.17) is 16.3 Å². The fourth-order valence-corrected chi connectivity index (χ4v) is 3.78. The van der Waals surface area contributed by atoms with Crippen molar-refractivity contribution < 1.29 is 32.6 Å². The van der Waals surface area contributed by atoms with Crippen LogP contribution in [0.1, 0.15) is 17.9 Å². The van der Waals surface area contributed by atoms with Gasteiger partial charge >= 0.3 is 12.0 Å². The number of benzene rings is 2. The molecule has 1 heterocycles. The summed E-state index contributed by atoms with van der Waals surface area (Å²) in [6, 6.07) is 6.78. The highest BCUT2D eigenvalue weighted by atomic mass is 35.5. The van der Waals surface area contributed by atoms with Crippen molar-refractivity contribution in [2.75, 3.05) is 32.6 Å². The van der Waals surface area contributed by atoms with Gasteiger partial charge in [-0.2, -0.15) is 0 Å². The summed E-state index contributed by atoms with van der Waals surface area (Å²) in [5.74, 6) is -4.02. The zero-order valence-electron chi connectivity index (χ0n) is 17.9. The summed E-state index contributed by atoms with van der Waals surface area (Å²) in [6.07, 6.45) is -0.330. The maximum Gasteiger partial charge on any atom is 0.325 e. The monoisotopic (exact) mass is 481 g/mol. The number of anilines is 1. The van der Waals surface area contributed by atoms with Crippen LogP contribution in [0.5, 0.6) is 5.75 Å². The molecule has 176 valence electrons. The maximum atomic E-state index is 14.8. The first-order valence-electron chi connectivity index (χ1n) is 9.92. The summed E-state index contributed by atoms with van der Waals surface area (Å²) < 4.78 is 39.1. The molecule has 11 heteroatoms. The molecule has 1 fully saturated rings. The molecule has 0 spiro atoms. The van der Waals surface area contributed by atoms with E-state index in [2.05, 4.69) is 15.4 Å². The molecule has 33 heavy (non-hydrogen) atoms. The molecule has 0 aliphatic carbocycles. The van der Waals surface area contributed by atoms with Gasteiger partial charge in [-0.25, -0.2) is 13.6 Å². The predicted octanol–water partition coefficient (Wildman–Crippen LogP) is 3.31. The molecule has 0 bridgehead atoms. The van der Waals surface area contributed by atoms with Crippen LogP contribution in [-0.2, 0) is 14.3 Å². The molecular weight excluding hydrogens is 460 g/mol. The van der Waals surface area contributed by atoms with Crippen LogP contribution in [0, 0.1) is 11.6 Å². The van der Waals surface area contributed by atoms with Crippen LogP contribution in [0.4, 0.5) is 19.3 Å². The van der Waals surface area contributed by atoms with Crippen molar-refractivity contribution in [3.05, 3.63) is 58.6 Å². The lowest BCUT2D eigenvalue weighted by molar-refractivity contribution is -0.148. The lowest BCUT2D eigenvalue weighted by Gasteiger charge is -2.38. The fraction of sp³-hybridized carbons (Fsp3) is 0.318. The largest absolute Gasteiger partial charge is 0.497 e. The van der Waals surface area contributed by atoms with Gasteiger partial charge < -0.3 is 25.0 Å². The smallest absolute Gasteiger partial charge is 0.325 e. The second-order valence-corrected chi connectivity index (χ2v) is 7.81.